The first kappa shape index (κ1) is 17.7. The molecule has 7 nitrogen and oxygen atoms in total. The number of aromatic nitrogens is 4. The highest BCUT2D eigenvalue weighted by Crippen LogP contribution is 2.36. The van der Waals surface area contributed by atoms with Crippen molar-refractivity contribution < 1.29 is 9.84 Å². The van der Waals surface area contributed by atoms with Crippen molar-refractivity contribution in [3.63, 3.8) is 0 Å². The Hall–Kier alpha value is -2.67. The van der Waals surface area contributed by atoms with Crippen molar-refractivity contribution in [3.8, 4) is 5.75 Å². The van der Waals surface area contributed by atoms with Gasteiger partial charge in [0.1, 0.15) is 23.2 Å². The summed E-state index contributed by atoms with van der Waals surface area (Å²) < 4.78 is 5.26. The fourth-order valence-corrected chi connectivity index (χ4v) is 3.48. The standard InChI is InChI=1S/C20H25N5O2/c1-12-21-17(13-8-14(26)9-13)11-20(22-12)25(2)7-6-19-23-16-5-4-15(27-3)10-18(16)24-19/h4-5,10-11,13-14,26H,6-9H2,1-3H3,(H,23,24). The third-order valence-electron chi connectivity index (χ3n) is 5.19. The number of rotatable bonds is 6. The quantitative estimate of drug-likeness (QED) is 0.696. The summed E-state index contributed by atoms with van der Waals surface area (Å²) in [6.07, 6.45) is 2.19. The molecule has 0 bridgehead atoms. The molecule has 0 saturated heterocycles. The first-order valence-electron chi connectivity index (χ1n) is 9.29. The average molecular weight is 367 g/mol. The van der Waals surface area contributed by atoms with Crippen molar-refractivity contribution >= 4 is 16.9 Å². The number of aryl methyl sites for hydroxylation is 1. The Morgan fingerprint density at radius 1 is 1.22 bits per heavy atom. The molecule has 7 heteroatoms. The van der Waals surface area contributed by atoms with Gasteiger partial charge < -0.3 is 19.7 Å². The summed E-state index contributed by atoms with van der Waals surface area (Å²) in [5, 5.41) is 9.56. The van der Waals surface area contributed by atoms with Gasteiger partial charge in [-0.2, -0.15) is 0 Å². The molecular formula is C20H25N5O2. The molecule has 1 aliphatic rings. The fourth-order valence-electron chi connectivity index (χ4n) is 3.48. The number of aliphatic hydroxyl groups is 1. The van der Waals surface area contributed by atoms with Gasteiger partial charge in [0.15, 0.2) is 0 Å². The number of methoxy groups -OCH3 is 1. The molecule has 2 aromatic heterocycles. The molecule has 1 fully saturated rings. The summed E-state index contributed by atoms with van der Waals surface area (Å²) in [5.41, 5.74) is 2.96. The van der Waals surface area contributed by atoms with E-state index in [1.807, 2.05) is 38.2 Å². The molecule has 0 unspecified atom stereocenters. The Bertz CT molecular complexity index is 949. The zero-order valence-electron chi connectivity index (χ0n) is 15.9. The van der Waals surface area contributed by atoms with Gasteiger partial charge in [0.2, 0.25) is 0 Å². The van der Waals surface area contributed by atoms with Gasteiger partial charge in [0.05, 0.1) is 24.2 Å². The third-order valence-corrected chi connectivity index (χ3v) is 5.19. The minimum atomic E-state index is -0.182. The molecule has 2 N–H and O–H groups in total. The number of imidazole rings is 1. The van der Waals surface area contributed by atoms with E-state index in [-0.39, 0.29) is 6.10 Å². The van der Waals surface area contributed by atoms with E-state index in [4.69, 9.17) is 4.74 Å². The Morgan fingerprint density at radius 3 is 2.78 bits per heavy atom. The minimum absolute atomic E-state index is 0.182. The molecule has 1 saturated carbocycles. The second-order valence-corrected chi connectivity index (χ2v) is 7.26. The van der Waals surface area contributed by atoms with E-state index in [0.29, 0.717) is 5.92 Å². The van der Waals surface area contributed by atoms with Gasteiger partial charge in [-0.3, -0.25) is 0 Å². The number of aliphatic hydroxyl groups excluding tert-OH is 1. The van der Waals surface area contributed by atoms with Crippen LogP contribution in [0, 0.1) is 6.92 Å². The van der Waals surface area contributed by atoms with Gasteiger partial charge in [0, 0.05) is 43.8 Å². The molecule has 4 rings (SSSR count). The van der Waals surface area contributed by atoms with Crippen molar-refractivity contribution in [2.75, 3.05) is 25.6 Å². The van der Waals surface area contributed by atoms with Crippen LogP contribution in [0.15, 0.2) is 24.3 Å². The van der Waals surface area contributed by atoms with Gasteiger partial charge in [-0.25, -0.2) is 15.0 Å². The molecule has 1 aromatic carbocycles. The van der Waals surface area contributed by atoms with Crippen molar-refractivity contribution in [2.45, 2.75) is 38.2 Å². The van der Waals surface area contributed by atoms with Gasteiger partial charge in [-0.05, 0) is 31.9 Å². The van der Waals surface area contributed by atoms with Crippen LogP contribution in [0.1, 0.15) is 36.1 Å². The number of nitrogens with zero attached hydrogens (tertiary/aromatic N) is 4. The molecule has 27 heavy (non-hydrogen) atoms. The normalized spacial score (nSPS) is 19.1. The Labute approximate surface area is 158 Å². The number of hydrogen-bond acceptors (Lipinski definition) is 6. The van der Waals surface area contributed by atoms with Gasteiger partial charge in [-0.15, -0.1) is 0 Å². The molecule has 0 amide bonds. The molecule has 3 aromatic rings. The Balaban J connectivity index is 1.45. The Morgan fingerprint density at radius 2 is 2.04 bits per heavy atom. The predicted octanol–water partition coefficient (Wildman–Crippen LogP) is 2.59. The minimum Gasteiger partial charge on any atom is -0.497 e. The van der Waals surface area contributed by atoms with E-state index in [9.17, 15) is 5.11 Å². The summed E-state index contributed by atoms with van der Waals surface area (Å²) >= 11 is 0. The highest BCUT2D eigenvalue weighted by Gasteiger charge is 2.30. The SMILES string of the molecule is COc1ccc2nc(CCN(C)c3cc(C4CC(O)C4)nc(C)n3)[nH]c2c1. The van der Waals surface area contributed by atoms with Crippen LogP contribution in [-0.4, -0.2) is 51.8 Å². The van der Waals surface area contributed by atoms with E-state index >= 15 is 0 Å². The third kappa shape index (κ3) is 3.73. The molecule has 0 radical (unpaired) electrons. The number of nitrogens with one attached hydrogen (secondary N) is 1. The predicted molar refractivity (Wildman–Crippen MR) is 104 cm³/mol. The number of ether oxygens (including phenoxy) is 1. The van der Waals surface area contributed by atoms with Crippen LogP contribution in [0.2, 0.25) is 0 Å². The summed E-state index contributed by atoms with van der Waals surface area (Å²) in [6.45, 7) is 2.71. The van der Waals surface area contributed by atoms with Crippen LogP contribution in [-0.2, 0) is 6.42 Å². The lowest BCUT2D eigenvalue weighted by Crippen LogP contribution is -2.28. The van der Waals surface area contributed by atoms with Crippen LogP contribution < -0.4 is 9.64 Å². The van der Waals surface area contributed by atoms with Crippen molar-refractivity contribution in [1.29, 1.82) is 0 Å². The number of anilines is 1. The summed E-state index contributed by atoms with van der Waals surface area (Å²) in [7, 11) is 3.70. The second kappa shape index (κ2) is 7.15. The summed E-state index contributed by atoms with van der Waals surface area (Å²) in [4.78, 5) is 19.3. The molecular weight excluding hydrogens is 342 g/mol. The zero-order valence-corrected chi connectivity index (χ0v) is 15.9. The first-order valence-corrected chi connectivity index (χ1v) is 9.29. The number of likely N-dealkylation sites (N-methyl/N-ethyl adjacent to an activating group) is 1. The summed E-state index contributed by atoms with van der Waals surface area (Å²) in [6, 6.07) is 7.89. The van der Waals surface area contributed by atoms with Gasteiger partial charge in [0.25, 0.3) is 0 Å². The van der Waals surface area contributed by atoms with E-state index in [1.165, 1.54) is 0 Å². The highest BCUT2D eigenvalue weighted by molar-refractivity contribution is 5.76. The number of fused-ring (bicyclic) bond motifs is 1. The lowest BCUT2D eigenvalue weighted by atomic mass is 9.80. The Kier molecular flexibility index (Phi) is 4.70. The van der Waals surface area contributed by atoms with E-state index < -0.39 is 0 Å². The van der Waals surface area contributed by atoms with E-state index in [2.05, 4.69) is 24.8 Å². The highest BCUT2D eigenvalue weighted by atomic mass is 16.5. The maximum Gasteiger partial charge on any atom is 0.132 e. The largest absolute Gasteiger partial charge is 0.497 e. The van der Waals surface area contributed by atoms with Crippen molar-refractivity contribution in [2.24, 2.45) is 0 Å². The molecule has 0 aliphatic heterocycles. The number of aromatic amines is 1. The zero-order chi connectivity index (χ0) is 19.0. The van der Waals surface area contributed by atoms with E-state index in [0.717, 1.165) is 65.8 Å². The van der Waals surface area contributed by atoms with Crippen LogP contribution in [0.3, 0.4) is 0 Å². The fraction of sp³-hybridized carbons (Fsp3) is 0.450. The van der Waals surface area contributed by atoms with Crippen molar-refractivity contribution in [3.05, 3.63) is 41.6 Å². The smallest absolute Gasteiger partial charge is 0.132 e. The van der Waals surface area contributed by atoms with E-state index in [1.54, 1.807) is 7.11 Å². The number of benzene rings is 1. The lowest BCUT2D eigenvalue weighted by molar-refractivity contribution is 0.0731. The molecule has 0 atom stereocenters. The number of hydrogen-bond donors (Lipinski definition) is 2. The van der Waals surface area contributed by atoms with Crippen LogP contribution in [0.25, 0.3) is 11.0 Å². The van der Waals surface area contributed by atoms with Crippen LogP contribution in [0.4, 0.5) is 5.82 Å². The monoisotopic (exact) mass is 367 g/mol. The first-order chi connectivity index (χ1) is 13.0. The van der Waals surface area contributed by atoms with Crippen LogP contribution in [0.5, 0.6) is 5.75 Å². The molecule has 0 spiro atoms. The number of H-pyrrole nitrogens is 1. The second-order valence-electron chi connectivity index (χ2n) is 7.26. The van der Waals surface area contributed by atoms with Gasteiger partial charge >= 0.3 is 0 Å². The molecule has 2 heterocycles. The topological polar surface area (TPSA) is 87.2 Å². The van der Waals surface area contributed by atoms with Crippen LogP contribution >= 0.6 is 0 Å². The maximum atomic E-state index is 9.56. The van der Waals surface area contributed by atoms with Crippen molar-refractivity contribution in [1.82, 2.24) is 19.9 Å². The lowest BCUT2D eigenvalue weighted by Gasteiger charge is -2.31. The van der Waals surface area contributed by atoms with Gasteiger partial charge in [-0.1, -0.05) is 0 Å². The molecule has 142 valence electrons. The summed E-state index contributed by atoms with van der Waals surface area (Å²) in [5.74, 6) is 3.79. The molecule has 1 aliphatic carbocycles. The average Bonchev–Trinajstić information content (AvgIpc) is 3.04. The maximum absolute atomic E-state index is 9.56.